The molecule has 1 aromatic carbocycles. The summed E-state index contributed by atoms with van der Waals surface area (Å²) >= 11 is 0. The highest BCUT2D eigenvalue weighted by Gasteiger charge is 2.48. The zero-order valence-electron chi connectivity index (χ0n) is 10.4. The molecule has 1 aliphatic heterocycles. The predicted octanol–water partition coefficient (Wildman–Crippen LogP) is 4.31. The van der Waals surface area contributed by atoms with E-state index >= 15 is 0 Å². The van der Waals surface area contributed by atoms with Crippen LogP contribution in [0.15, 0.2) is 24.3 Å². The zero-order valence-corrected chi connectivity index (χ0v) is 10.4. The summed E-state index contributed by atoms with van der Waals surface area (Å²) in [5, 5.41) is 2.58. The van der Waals surface area contributed by atoms with E-state index in [4.69, 9.17) is 0 Å². The molecular weight excluding hydrogens is 284 g/mol. The van der Waals surface area contributed by atoms with Crippen LogP contribution in [0.25, 0.3) is 0 Å². The Kier molecular flexibility index (Phi) is 4.00. The normalized spacial score (nSPS) is 24.7. The zero-order chi connectivity index (χ0) is 15.0. The van der Waals surface area contributed by atoms with Crippen molar-refractivity contribution >= 4 is 0 Å². The molecule has 1 saturated heterocycles. The lowest BCUT2D eigenvalue weighted by molar-refractivity contribution is -0.190. The minimum atomic E-state index is -4.66. The maximum Gasteiger partial charge on any atom is 0.416 e. The molecule has 1 aromatic rings. The second-order valence-electron chi connectivity index (χ2n) is 4.81. The lowest BCUT2D eigenvalue weighted by Crippen LogP contribution is -2.42. The van der Waals surface area contributed by atoms with E-state index in [2.05, 4.69) is 5.32 Å². The Morgan fingerprint density at radius 2 is 1.65 bits per heavy atom. The fourth-order valence-corrected chi connectivity index (χ4v) is 2.59. The minimum absolute atomic E-state index is 0.159. The van der Waals surface area contributed by atoms with Crippen molar-refractivity contribution in [2.24, 2.45) is 5.92 Å². The van der Waals surface area contributed by atoms with E-state index in [1.807, 2.05) is 0 Å². The van der Waals surface area contributed by atoms with Crippen molar-refractivity contribution in [3.05, 3.63) is 35.4 Å². The summed E-state index contributed by atoms with van der Waals surface area (Å²) in [4.78, 5) is 0. The third-order valence-electron chi connectivity index (χ3n) is 3.48. The Morgan fingerprint density at radius 1 is 1.00 bits per heavy atom. The smallest absolute Gasteiger partial charge is 0.309 e. The molecule has 112 valence electrons. The van der Waals surface area contributed by atoms with Crippen molar-refractivity contribution in [1.82, 2.24) is 5.32 Å². The van der Waals surface area contributed by atoms with Crippen molar-refractivity contribution in [1.29, 1.82) is 0 Å². The molecule has 0 amide bonds. The van der Waals surface area contributed by atoms with Gasteiger partial charge in [-0.25, -0.2) is 0 Å². The Hall–Kier alpha value is -1.24. The highest BCUT2D eigenvalue weighted by Crippen LogP contribution is 2.44. The average Bonchev–Trinajstić information content (AvgIpc) is 2.37. The van der Waals surface area contributed by atoms with Crippen molar-refractivity contribution in [3.8, 4) is 0 Å². The van der Waals surface area contributed by atoms with Gasteiger partial charge in [0.05, 0.1) is 11.5 Å². The maximum atomic E-state index is 13.0. The van der Waals surface area contributed by atoms with Crippen LogP contribution in [0.3, 0.4) is 0 Å². The second-order valence-corrected chi connectivity index (χ2v) is 4.81. The summed E-state index contributed by atoms with van der Waals surface area (Å²) in [6.07, 6.45) is -9.04. The van der Waals surface area contributed by atoms with E-state index in [1.54, 1.807) is 0 Å². The van der Waals surface area contributed by atoms with Crippen molar-refractivity contribution in [2.45, 2.75) is 31.2 Å². The van der Waals surface area contributed by atoms with Gasteiger partial charge in [0, 0.05) is 6.04 Å². The molecule has 0 saturated carbocycles. The summed E-state index contributed by atoms with van der Waals surface area (Å²) in [7, 11) is 0. The molecule has 1 nitrogen and oxygen atoms in total. The van der Waals surface area contributed by atoms with Gasteiger partial charge in [-0.2, -0.15) is 26.3 Å². The highest BCUT2D eigenvalue weighted by atomic mass is 19.4. The summed E-state index contributed by atoms with van der Waals surface area (Å²) in [6, 6.07) is 3.09. The number of nitrogens with one attached hydrogen (secondary N) is 1. The molecule has 0 radical (unpaired) electrons. The summed E-state index contributed by atoms with van der Waals surface area (Å²) in [5.41, 5.74) is -1.34. The number of halogens is 6. The molecule has 1 N–H and O–H groups in total. The number of hydrogen-bond donors (Lipinski definition) is 1. The number of rotatable bonds is 1. The summed E-state index contributed by atoms with van der Waals surface area (Å²) in [5.74, 6) is -1.79. The molecule has 0 aromatic heterocycles. The van der Waals surface area contributed by atoms with Crippen molar-refractivity contribution in [3.63, 3.8) is 0 Å². The van der Waals surface area contributed by atoms with Crippen LogP contribution in [0.4, 0.5) is 26.3 Å². The van der Waals surface area contributed by atoms with Crippen LogP contribution in [0.2, 0.25) is 0 Å². The number of benzene rings is 1. The third kappa shape index (κ3) is 3.08. The van der Waals surface area contributed by atoms with Crippen LogP contribution in [-0.2, 0) is 6.18 Å². The first kappa shape index (κ1) is 15.2. The van der Waals surface area contributed by atoms with Crippen LogP contribution in [0.5, 0.6) is 0 Å². The lowest BCUT2D eigenvalue weighted by atomic mass is 9.83. The fraction of sp³-hybridized carbons (Fsp3) is 0.538. The van der Waals surface area contributed by atoms with E-state index in [1.165, 1.54) is 12.1 Å². The molecule has 20 heavy (non-hydrogen) atoms. The first-order chi connectivity index (χ1) is 9.21. The highest BCUT2D eigenvalue weighted by molar-refractivity contribution is 5.33. The van der Waals surface area contributed by atoms with E-state index in [0.717, 1.165) is 12.1 Å². The van der Waals surface area contributed by atoms with Crippen LogP contribution in [0, 0.1) is 5.92 Å². The Morgan fingerprint density at radius 3 is 2.25 bits per heavy atom. The molecule has 2 unspecified atom stereocenters. The van der Waals surface area contributed by atoms with Crippen molar-refractivity contribution in [2.75, 3.05) is 6.54 Å². The molecule has 0 aliphatic carbocycles. The van der Waals surface area contributed by atoms with Gasteiger partial charge in [-0.3, -0.25) is 0 Å². The molecule has 2 rings (SSSR count). The first-order valence-corrected chi connectivity index (χ1v) is 6.17. The van der Waals surface area contributed by atoms with Crippen molar-refractivity contribution < 1.29 is 26.3 Å². The Labute approximate surface area is 112 Å². The van der Waals surface area contributed by atoms with Gasteiger partial charge in [0.1, 0.15) is 0 Å². The molecule has 7 heteroatoms. The Balaban J connectivity index is 2.43. The van der Waals surface area contributed by atoms with E-state index < -0.39 is 29.9 Å². The Bertz CT molecular complexity index is 465. The largest absolute Gasteiger partial charge is 0.416 e. The molecule has 2 atom stereocenters. The molecule has 0 spiro atoms. The lowest BCUT2D eigenvalue weighted by Gasteiger charge is -2.35. The number of alkyl halides is 6. The minimum Gasteiger partial charge on any atom is -0.309 e. The molecule has 1 heterocycles. The SMILES string of the molecule is FC(F)(F)c1ccccc1C1NCCCC1C(F)(F)F. The molecule has 0 bridgehead atoms. The van der Waals surface area contributed by atoms with Gasteiger partial charge in [0.25, 0.3) is 0 Å². The van der Waals surface area contributed by atoms with Gasteiger partial charge in [-0.15, -0.1) is 0 Å². The monoisotopic (exact) mass is 297 g/mol. The van der Waals surface area contributed by atoms with Gasteiger partial charge in [-0.05, 0) is 31.0 Å². The first-order valence-electron chi connectivity index (χ1n) is 6.17. The predicted molar refractivity (Wildman–Crippen MR) is 61.0 cm³/mol. The van der Waals surface area contributed by atoms with Crippen LogP contribution < -0.4 is 5.32 Å². The number of piperidine rings is 1. The third-order valence-corrected chi connectivity index (χ3v) is 3.48. The van der Waals surface area contributed by atoms with E-state index in [0.29, 0.717) is 6.42 Å². The van der Waals surface area contributed by atoms with Crippen LogP contribution in [-0.4, -0.2) is 12.7 Å². The maximum absolute atomic E-state index is 13.0. The number of hydrogen-bond acceptors (Lipinski definition) is 1. The van der Waals surface area contributed by atoms with Crippen LogP contribution in [0.1, 0.15) is 30.0 Å². The quantitative estimate of drug-likeness (QED) is 0.762. The average molecular weight is 297 g/mol. The molecule has 1 aliphatic rings. The molecule has 1 fully saturated rings. The van der Waals surface area contributed by atoms with Crippen LogP contribution >= 0.6 is 0 Å². The van der Waals surface area contributed by atoms with Gasteiger partial charge >= 0.3 is 12.4 Å². The van der Waals surface area contributed by atoms with Gasteiger partial charge < -0.3 is 5.32 Å². The topological polar surface area (TPSA) is 12.0 Å². The standard InChI is InChI=1S/C13H13F6N/c14-12(15,16)9-5-2-1-4-8(9)11-10(13(17,18)19)6-3-7-20-11/h1-2,4-5,10-11,20H,3,6-7H2. The van der Waals surface area contributed by atoms with E-state index in [9.17, 15) is 26.3 Å². The fourth-order valence-electron chi connectivity index (χ4n) is 2.59. The molecular formula is C13H13F6N. The second kappa shape index (κ2) is 5.27. The van der Waals surface area contributed by atoms with Gasteiger partial charge in [0.2, 0.25) is 0 Å². The van der Waals surface area contributed by atoms with E-state index in [-0.39, 0.29) is 18.5 Å². The van der Waals surface area contributed by atoms with Gasteiger partial charge in [0.15, 0.2) is 0 Å². The van der Waals surface area contributed by atoms with Gasteiger partial charge in [-0.1, -0.05) is 18.2 Å². The summed E-state index contributed by atoms with van der Waals surface area (Å²) in [6.45, 7) is 0.281. The summed E-state index contributed by atoms with van der Waals surface area (Å²) < 4.78 is 77.7.